The third-order valence-electron chi connectivity index (χ3n) is 5.02. The van der Waals surface area contributed by atoms with Gasteiger partial charge in [0, 0.05) is 28.7 Å². The lowest BCUT2D eigenvalue weighted by molar-refractivity contribution is 0.588. The molecular formula is C22H18Cl2N4O4S2. The highest BCUT2D eigenvalue weighted by molar-refractivity contribution is 7.92. The van der Waals surface area contributed by atoms with Crippen LogP contribution in [0.25, 0.3) is 16.9 Å². The number of sulfonamides is 2. The highest BCUT2D eigenvalue weighted by Crippen LogP contribution is 2.31. The number of nitrogens with zero attached hydrogens (tertiary/aromatic N) is 3. The van der Waals surface area contributed by atoms with E-state index in [0.29, 0.717) is 27.0 Å². The lowest BCUT2D eigenvalue weighted by atomic mass is 10.1. The summed E-state index contributed by atoms with van der Waals surface area (Å²) in [5, 5.41) is 10.3. The fourth-order valence-electron chi connectivity index (χ4n) is 3.32. The van der Waals surface area contributed by atoms with Gasteiger partial charge in [-0.1, -0.05) is 53.5 Å². The highest BCUT2D eigenvalue weighted by atomic mass is 35.5. The molecule has 0 radical (unpaired) electrons. The van der Waals surface area contributed by atoms with Gasteiger partial charge in [0.05, 0.1) is 17.1 Å². The Morgan fingerprint density at radius 1 is 0.853 bits per heavy atom. The molecular weight excluding hydrogens is 519 g/mol. The number of anilines is 1. The van der Waals surface area contributed by atoms with Crippen molar-refractivity contribution in [2.75, 3.05) is 11.4 Å². The average Bonchev–Trinajstić information content (AvgIpc) is 3.25. The molecule has 0 amide bonds. The fraction of sp³-hybridized carbons (Fsp3) is 0.0455. The van der Waals surface area contributed by atoms with Crippen molar-refractivity contribution < 1.29 is 16.8 Å². The Morgan fingerprint density at radius 3 is 2.18 bits per heavy atom. The number of hydrogen-bond acceptors (Lipinski definition) is 5. The van der Waals surface area contributed by atoms with Gasteiger partial charge in [-0.15, -0.1) is 0 Å². The van der Waals surface area contributed by atoms with Crippen molar-refractivity contribution in [3.05, 3.63) is 88.9 Å². The highest BCUT2D eigenvalue weighted by Gasteiger charge is 2.28. The normalized spacial score (nSPS) is 12.0. The van der Waals surface area contributed by atoms with E-state index >= 15 is 0 Å². The summed E-state index contributed by atoms with van der Waals surface area (Å²) in [6, 6.07) is 20.3. The first-order chi connectivity index (χ1) is 16.0. The van der Waals surface area contributed by atoms with Gasteiger partial charge in [0.2, 0.25) is 10.0 Å². The number of rotatable bonds is 6. The molecule has 0 spiro atoms. The third-order valence-corrected chi connectivity index (χ3v) is 8.13. The van der Waals surface area contributed by atoms with Gasteiger partial charge < -0.3 is 0 Å². The van der Waals surface area contributed by atoms with Crippen LogP contribution < -0.4 is 9.44 Å². The quantitative estimate of drug-likeness (QED) is 0.394. The van der Waals surface area contributed by atoms with Gasteiger partial charge in [-0.3, -0.25) is 4.31 Å². The second-order valence-electron chi connectivity index (χ2n) is 7.25. The number of aromatic nitrogens is 2. The van der Waals surface area contributed by atoms with Crippen molar-refractivity contribution >= 4 is 48.9 Å². The van der Waals surface area contributed by atoms with Crippen molar-refractivity contribution in [2.24, 2.45) is 5.14 Å². The van der Waals surface area contributed by atoms with Crippen molar-refractivity contribution in [3.8, 4) is 16.9 Å². The van der Waals surface area contributed by atoms with Gasteiger partial charge in [-0.25, -0.2) is 18.2 Å². The van der Waals surface area contributed by atoms with E-state index in [1.807, 2.05) is 0 Å². The second-order valence-corrected chi connectivity index (χ2v) is 11.6. The van der Waals surface area contributed by atoms with Crippen LogP contribution in [0, 0.1) is 0 Å². The first-order valence-electron chi connectivity index (χ1n) is 9.71. The Morgan fingerprint density at radius 2 is 1.53 bits per heavy atom. The van der Waals surface area contributed by atoms with Crippen LogP contribution >= 0.6 is 23.2 Å². The van der Waals surface area contributed by atoms with E-state index in [0.717, 1.165) is 4.31 Å². The van der Waals surface area contributed by atoms with Gasteiger partial charge in [-0.05, 0) is 42.5 Å². The zero-order chi connectivity index (χ0) is 24.7. The lowest BCUT2D eigenvalue weighted by Crippen LogP contribution is -2.27. The van der Waals surface area contributed by atoms with Gasteiger partial charge >= 0.3 is 0 Å². The molecule has 12 heteroatoms. The molecule has 4 aromatic rings. The van der Waals surface area contributed by atoms with E-state index in [2.05, 4.69) is 5.10 Å². The minimum atomic E-state index is -4.15. The monoisotopic (exact) mass is 536 g/mol. The Hall–Kier alpha value is -2.89. The predicted molar refractivity (Wildman–Crippen MR) is 132 cm³/mol. The summed E-state index contributed by atoms with van der Waals surface area (Å²) in [4.78, 5) is -0.208. The van der Waals surface area contributed by atoms with Gasteiger partial charge in [0.15, 0.2) is 5.03 Å². The Labute approximate surface area is 207 Å². The van der Waals surface area contributed by atoms with Crippen LogP contribution in [0.15, 0.2) is 88.8 Å². The summed E-state index contributed by atoms with van der Waals surface area (Å²) in [7, 11) is -6.91. The summed E-state index contributed by atoms with van der Waals surface area (Å²) in [5.74, 6) is 0. The van der Waals surface area contributed by atoms with Crippen LogP contribution in [0.4, 0.5) is 5.69 Å². The lowest BCUT2D eigenvalue weighted by Gasteiger charge is -2.18. The van der Waals surface area contributed by atoms with Gasteiger partial charge in [-0.2, -0.15) is 13.5 Å². The molecule has 0 aliphatic heterocycles. The minimum absolute atomic E-state index is 0.0989. The molecule has 0 unspecified atom stereocenters. The van der Waals surface area contributed by atoms with Crippen molar-refractivity contribution in [2.45, 2.75) is 9.92 Å². The molecule has 3 aromatic carbocycles. The van der Waals surface area contributed by atoms with Crippen molar-refractivity contribution in [3.63, 3.8) is 0 Å². The number of hydrogen-bond donors (Lipinski definition) is 1. The molecule has 4 rings (SSSR count). The summed E-state index contributed by atoms with van der Waals surface area (Å²) in [6.07, 6.45) is 0. The molecule has 0 bridgehead atoms. The molecule has 176 valence electrons. The smallest absolute Gasteiger partial charge is 0.268 e. The molecule has 0 saturated carbocycles. The molecule has 0 saturated heterocycles. The molecule has 2 N–H and O–H groups in total. The Balaban J connectivity index is 1.95. The van der Waals surface area contributed by atoms with E-state index in [-0.39, 0.29) is 15.6 Å². The Kier molecular flexibility index (Phi) is 6.45. The first-order valence-corrected chi connectivity index (χ1v) is 13.5. The molecule has 34 heavy (non-hydrogen) atoms. The topological polar surface area (TPSA) is 115 Å². The van der Waals surface area contributed by atoms with Crippen LogP contribution in [0.5, 0.6) is 0 Å². The molecule has 0 atom stereocenters. The summed E-state index contributed by atoms with van der Waals surface area (Å²) in [5.41, 5.74) is 1.32. The van der Waals surface area contributed by atoms with E-state index in [9.17, 15) is 16.8 Å². The summed E-state index contributed by atoms with van der Waals surface area (Å²) < 4.78 is 53.6. The first kappa shape index (κ1) is 24.2. The minimum Gasteiger partial charge on any atom is -0.268 e. The maximum atomic E-state index is 13.5. The van der Waals surface area contributed by atoms with Crippen LogP contribution in [0.3, 0.4) is 0 Å². The van der Waals surface area contributed by atoms with Crippen molar-refractivity contribution in [1.29, 1.82) is 0 Å². The molecule has 1 heterocycles. The largest absolute Gasteiger partial charge is 0.283 e. The van der Waals surface area contributed by atoms with E-state index in [1.165, 1.54) is 42.1 Å². The number of nitrogens with two attached hydrogens (primary N) is 1. The maximum absolute atomic E-state index is 13.5. The zero-order valence-corrected chi connectivity index (χ0v) is 20.8. The van der Waals surface area contributed by atoms with Gasteiger partial charge in [0.25, 0.3) is 10.0 Å². The standard InChI is InChI=1S/C22H18Cl2N4O4S2/c1-27(18-6-4-5-17(24)13-18)34(31,32)22-14-20(15-9-11-16(23)12-10-15)28(26-22)19-7-2-3-8-21(19)33(25,29)30/h2-14H,1H3,(H2,25,29,30). The van der Waals surface area contributed by atoms with Crippen LogP contribution in [-0.4, -0.2) is 33.7 Å². The Bertz CT molecular complexity index is 1590. The predicted octanol–water partition coefficient (Wildman–Crippen LogP) is 4.32. The number of halogens is 2. The summed E-state index contributed by atoms with van der Waals surface area (Å²) >= 11 is 12.0. The molecule has 0 fully saturated rings. The number of para-hydroxylation sites is 1. The SMILES string of the molecule is CN(c1cccc(Cl)c1)S(=O)(=O)c1cc(-c2ccc(Cl)cc2)n(-c2ccccc2S(N)(=O)=O)n1. The van der Waals surface area contributed by atoms with E-state index in [4.69, 9.17) is 28.3 Å². The maximum Gasteiger partial charge on any atom is 0.283 e. The number of benzene rings is 3. The molecule has 8 nitrogen and oxygen atoms in total. The summed E-state index contributed by atoms with van der Waals surface area (Å²) in [6.45, 7) is 0. The average molecular weight is 537 g/mol. The molecule has 1 aromatic heterocycles. The van der Waals surface area contributed by atoms with Crippen LogP contribution in [0.2, 0.25) is 10.0 Å². The van der Waals surface area contributed by atoms with E-state index < -0.39 is 20.0 Å². The van der Waals surface area contributed by atoms with Crippen LogP contribution in [-0.2, 0) is 20.0 Å². The third kappa shape index (κ3) is 4.68. The van der Waals surface area contributed by atoms with E-state index in [1.54, 1.807) is 48.5 Å². The zero-order valence-electron chi connectivity index (χ0n) is 17.6. The van der Waals surface area contributed by atoms with Crippen LogP contribution in [0.1, 0.15) is 0 Å². The van der Waals surface area contributed by atoms with Crippen molar-refractivity contribution in [1.82, 2.24) is 9.78 Å². The number of primary sulfonamides is 1. The molecule has 0 aliphatic rings. The van der Waals surface area contributed by atoms with Gasteiger partial charge in [0.1, 0.15) is 4.90 Å². The molecule has 0 aliphatic carbocycles. The second kappa shape index (κ2) is 9.05. The fourth-order valence-corrected chi connectivity index (χ4v) is 5.46.